The first-order chi connectivity index (χ1) is 14.7. The summed E-state index contributed by atoms with van der Waals surface area (Å²) in [4.78, 5) is 12.7. The molecule has 0 aliphatic heterocycles. The fraction of sp³-hybridized carbons (Fsp3) is 0.240. The molecule has 0 aliphatic carbocycles. The molecule has 1 amide bonds. The van der Waals surface area contributed by atoms with Gasteiger partial charge >= 0.3 is 0 Å². The highest BCUT2D eigenvalue weighted by molar-refractivity contribution is 7.92. The first kappa shape index (κ1) is 22.6. The van der Waals surface area contributed by atoms with Crippen LogP contribution in [0.5, 0.6) is 0 Å². The summed E-state index contributed by atoms with van der Waals surface area (Å²) < 4.78 is 27.8. The molecule has 0 atom stereocenters. The molecule has 0 bridgehead atoms. The number of sulfonamides is 1. The van der Waals surface area contributed by atoms with Gasteiger partial charge in [-0.15, -0.1) is 0 Å². The van der Waals surface area contributed by atoms with E-state index in [1.165, 1.54) is 11.1 Å². The molecule has 0 fully saturated rings. The van der Waals surface area contributed by atoms with Crippen LogP contribution in [0.3, 0.4) is 0 Å². The van der Waals surface area contributed by atoms with Crippen LogP contribution in [0.2, 0.25) is 0 Å². The lowest BCUT2D eigenvalue weighted by Crippen LogP contribution is -2.25. The molecule has 6 heteroatoms. The van der Waals surface area contributed by atoms with Crippen LogP contribution >= 0.6 is 0 Å². The van der Waals surface area contributed by atoms with Crippen LogP contribution in [0, 0.1) is 20.8 Å². The lowest BCUT2D eigenvalue weighted by Gasteiger charge is -2.12. The Labute approximate surface area is 184 Å². The van der Waals surface area contributed by atoms with Crippen molar-refractivity contribution in [3.63, 3.8) is 0 Å². The molecule has 3 aromatic rings. The Balaban J connectivity index is 1.58. The second-order valence-corrected chi connectivity index (χ2v) is 9.48. The molecule has 3 rings (SSSR count). The van der Waals surface area contributed by atoms with E-state index >= 15 is 0 Å². The number of hydrogen-bond donors (Lipinski definition) is 2. The third kappa shape index (κ3) is 6.18. The topological polar surface area (TPSA) is 75.3 Å². The van der Waals surface area contributed by atoms with Crippen molar-refractivity contribution in [2.75, 3.05) is 11.3 Å². The maximum absolute atomic E-state index is 12.6. The Hall–Kier alpha value is -3.12. The van der Waals surface area contributed by atoms with Gasteiger partial charge in [-0.05, 0) is 75.1 Å². The van der Waals surface area contributed by atoms with Crippen molar-refractivity contribution in [3.05, 3.63) is 94.5 Å². The smallest absolute Gasteiger partial charge is 0.261 e. The van der Waals surface area contributed by atoms with Crippen molar-refractivity contribution in [3.8, 4) is 0 Å². The third-order valence-corrected chi connectivity index (χ3v) is 6.46. The van der Waals surface area contributed by atoms with Crippen LogP contribution < -0.4 is 10.0 Å². The number of rotatable bonds is 8. The zero-order valence-electron chi connectivity index (χ0n) is 18.1. The normalized spacial score (nSPS) is 11.2. The highest BCUT2D eigenvalue weighted by Crippen LogP contribution is 2.21. The largest absolute Gasteiger partial charge is 0.352 e. The molecule has 5 nitrogen and oxygen atoms in total. The number of amides is 1. The van der Waals surface area contributed by atoms with E-state index in [9.17, 15) is 13.2 Å². The van der Waals surface area contributed by atoms with E-state index in [1.54, 1.807) is 49.4 Å². The number of benzene rings is 3. The maximum Gasteiger partial charge on any atom is 0.261 e. The number of hydrogen-bond acceptors (Lipinski definition) is 3. The van der Waals surface area contributed by atoms with E-state index in [2.05, 4.69) is 35.2 Å². The average molecular weight is 437 g/mol. The molecule has 0 radical (unpaired) electrons. The van der Waals surface area contributed by atoms with Crippen LogP contribution in [-0.4, -0.2) is 20.9 Å². The Morgan fingerprint density at radius 3 is 2.29 bits per heavy atom. The monoisotopic (exact) mass is 436 g/mol. The van der Waals surface area contributed by atoms with E-state index in [0.29, 0.717) is 23.4 Å². The highest BCUT2D eigenvalue weighted by atomic mass is 32.2. The summed E-state index contributed by atoms with van der Waals surface area (Å²) in [5, 5.41) is 2.93. The van der Waals surface area contributed by atoms with Crippen LogP contribution in [-0.2, 0) is 16.4 Å². The molecule has 0 saturated heterocycles. The number of anilines is 1. The predicted molar refractivity (Wildman–Crippen MR) is 125 cm³/mol. The molecule has 0 aliphatic rings. The summed E-state index contributed by atoms with van der Waals surface area (Å²) in [6, 6.07) is 20.0. The summed E-state index contributed by atoms with van der Waals surface area (Å²) in [6.45, 7) is 6.33. The van der Waals surface area contributed by atoms with Crippen LogP contribution in [0.4, 0.5) is 5.69 Å². The van der Waals surface area contributed by atoms with E-state index in [0.717, 1.165) is 18.4 Å². The number of carbonyl (C=O) groups excluding carboxylic acids is 1. The van der Waals surface area contributed by atoms with Crippen LogP contribution in [0.1, 0.15) is 39.0 Å². The van der Waals surface area contributed by atoms with Crippen LogP contribution in [0.25, 0.3) is 0 Å². The van der Waals surface area contributed by atoms with Gasteiger partial charge in [-0.2, -0.15) is 0 Å². The van der Waals surface area contributed by atoms with Crippen LogP contribution in [0.15, 0.2) is 71.6 Å². The Morgan fingerprint density at radius 1 is 0.871 bits per heavy atom. The molecule has 31 heavy (non-hydrogen) atoms. The van der Waals surface area contributed by atoms with Gasteiger partial charge in [0.25, 0.3) is 15.9 Å². The fourth-order valence-corrected chi connectivity index (χ4v) is 4.44. The Bertz CT molecular complexity index is 1170. The molecule has 0 unspecified atom stereocenters. The van der Waals surface area contributed by atoms with Crippen molar-refractivity contribution in [2.45, 2.75) is 38.5 Å². The van der Waals surface area contributed by atoms with Gasteiger partial charge in [0.15, 0.2) is 0 Å². The predicted octanol–water partition coefficient (Wildman–Crippen LogP) is 4.78. The third-order valence-electron chi connectivity index (χ3n) is 5.07. The summed E-state index contributed by atoms with van der Waals surface area (Å²) >= 11 is 0. The van der Waals surface area contributed by atoms with Gasteiger partial charge in [-0.1, -0.05) is 47.5 Å². The van der Waals surface area contributed by atoms with Gasteiger partial charge < -0.3 is 5.32 Å². The van der Waals surface area contributed by atoms with Gasteiger partial charge in [-0.25, -0.2) is 8.42 Å². The first-order valence-electron chi connectivity index (χ1n) is 10.3. The van der Waals surface area contributed by atoms with Gasteiger partial charge in [0, 0.05) is 12.1 Å². The minimum atomic E-state index is -3.68. The van der Waals surface area contributed by atoms with Gasteiger partial charge in [0.2, 0.25) is 0 Å². The van der Waals surface area contributed by atoms with Gasteiger partial charge in [0.05, 0.1) is 10.6 Å². The first-order valence-corrected chi connectivity index (χ1v) is 11.8. The molecule has 2 N–H and O–H groups in total. The zero-order valence-corrected chi connectivity index (χ0v) is 18.9. The summed E-state index contributed by atoms with van der Waals surface area (Å²) in [5.74, 6) is -0.166. The maximum atomic E-state index is 12.6. The Kier molecular flexibility index (Phi) is 7.13. The molecule has 0 spiro atoms. The van der Waals surface area contributed by atoms with Crippen molar-refractivity contribution < 1.29 is 13.2 Å². The lowest BCUT2D eigenvalue weighted by atomic mass is 10.1. The molecular weight excluding hydrogens is 408 g/mol. The second-order valence-electron chi connectivity index (χ2n) is 7.80. The Morgan fingerprint density at radius 2 is 1.61 bits per heavy atom. The van der Waals surface area contributed by atoms with E-state index in [4.69, 9.17) is 0 Å². The molecule has 3 aromatic carbocycles. The van der Waals surface area contributed by atoms with E-state index in [-0.39, 0.29) is 10.8 Å². The van der Waals surface area contributed by atoms with Crippen molar-refractivity contribution >= 4 is 21.6 Å². The van der Waals surface area contributed by atoms with E-state index in [1.807, 2.05) is 13.0 Å². The van der Waals surface area contributed by atoms with Crippen molar-refractivity contribution in [1.29, 1.82) is 0 Å². The zero-order chi connectivity index (χ0) is 22.4. The van der Waals surface area contributed by atoms with Crippen molar-refractivity contribution in [1.82, 2.24) is 5.32 Å². The molecule has 162 valence electrons. The summed E-state index contributed by atoms with van der Waals surface area (Å²) in [5.41, 5.74) is 5.13. The van der Waals surface area contributed by atoms with Gasteiger partial charge in [-0.3, -0.25) is 9.52 Å². The summed E-state index contributed by atoms with van der Waals surface area (Å²) in [7, 11) is -3.68. The minimum Gasteiger partial charge on any atom is -0.352 e. The average Bonchev–Trinajstić information content (AvgIpc) is 2.73. The number of carbonyl (C=O) groups is 1. The SMILES string of the molecule is Cc1ccc(S(=O)(=O)Nc2ccc(C(=O)NCCCc3cccc(C)c3)cc2C)cc1. The van der Waals surface area contributed by atoms with Crippen molar-refractivity contribution in [2.24, 2.45) is 0 Å². The lowest BCUT2D eigenvalue weighted by molar-refractivity contribution is 0.0953. The second kappa shape index (κ2) is 9.79. The summed E-state index contributed by atoms with van der Waals surface area (Å²) in [6.07, 6.45) is 1.75. The standard InChI is InChI=1S/C25H28N2O3S/c1-18-9-12-23(13-10-18)31(29,30)27-24-14-11-22(17-20(24)3)25(28)26-15-5-8-21-7-4-6-19(2)16-21/h4,6-7,9-14,16-17,27H,5,8,15H2,1-3H3,(H,26,28). The molecular formula is C25H28N2O3S. The number of aryl methyl sites for hydroxylation is 4. The fourth-order valence-electron chi connectivity index (χ4n) is 3.30. The number of nitrogens with one attached hydrogen (secondary N) is 2. The minimum absolute atomic E-state index is 0.166. The highest BCUT2D eigenvalue weighted by Gasteiger charge is 2.16. The van der Waals surface area contributed by atoms with Gasteiger partial charge in [0.1, 0.15) is 0 Å². The quantitative estimate of drug-likeness (QED) is 0.499. The molecule has 0 saturated carbocycles. The molecule has 0 heterocycles. The molecule has 0 aromatic heterocycles. The van der Waals surface area contributed by atoms with E-state index < -0.39 is 10.0 Å².